The molecule has 0 unspecified atom stereocenters. The quantitative estimate of drug-likeness (QED) is 0.891. The molecule has 0 amide bonds. The molecule has 2 aromatic rings. The first kappa shape index (κ1) is 15.5. The topological polar surface area (TPSA) is 23.5 Å². The van der Waals surface area contributed by atoms with Gasteiger partial charge in [0.05, 0.1) is 12.1 Å². The number of nitrogens with zero attached hydrogens (tertiary/aromatic N) is 1. The van der Waals surface area contributed by atoms with Gasteiger partial charge in [-0.25, -0.2) is 0 Å². The van der Waals surface area contributed by atoms with E-state index in [1.54, 1.807) is 0 Å². The van der Waals surface area contributed by atoms with E-state index >= 15 is 0 Å². The molecular weight excluding hydrogens is 294 g/mol. The lowest BCUT2D eigenvalue weighted by atomic mass is 9.93. The Labute approximate surface area is 137 Å². The normalized spacial score (nSPS) is 18.8. The highest BCUT2D eigenvalue weighted by molar-refractivity contribution is 6.30. The Morgan fingerprint density at radius 2 is 1.45 bits per heavy atom. The number of piperidine rings is 1. The molecule has 2 nitrogen and oxygen atoms in total. The van der Waals surface area contributed by atoms with E-state index in [2.05, 4.69) is 4.90 Å². The highest BCUT2D eigenvalue weighted by Crippen LogP contribution is 2.36. The van der Waals surface area contributed by atoms with Crippen molar-refractivity contribution in [2.45, 2.75) is 31.4 Å². The van der Waals surface area contributed by atoms with E-state index in [0.29, 0.717) is 0 Å². The van der Waals surface area contributed by atoms with Gasteiger partial charge in [-0.3, -0.25) is 4.90 Å². The molecule has 116 valence electrons. The van der Waals surface area contributed by atoms with Gasteiger partial charge in [-0.05, 0) is 49.2 Å². The lowest BCUT2D eigenvalue weighted by Gasteiger charge is -2.37. The first-order valence-corrected chi connectivity index (χ1v) is 8.36. The van der Waals surface area contributed by atoms with Gasteiger partial charge in [0.15, 0.2) is 0 Å². The average molecular weight is 316 g/mol. The summed E-state index contributed by atoms with van der Waals surface area (Å²) in [6.45, 7) is 2.08. The van der Waals surface area contributed by atoms with Gasteiger partial charge in [-0.1, -0.05) is 60.5 Å². The smallest absolute Gasteiger partial charge is 0.0986 e. The zero-order valence-corrected chi connectivity index (χ0v) is 13.4. The highest BCUT2D eigenvalue weighted by Gasteiger charge is 2.29. The summed E-state index contributed by atoms with van der Waals surface area (Å²) in [5.41, 5.74) is 2.09. The van der Waals surface area contributed by atoms with Crippen molar-refractivity contribution >= 4 is 11.6 Å². The maximum Gasteiger partial charge on any atom is 0.0986 e. The summed E-state index contributed by atoms with van der Waals surface area (Å²) in [7, 11) is 0. The molecule has 3 heteroatoms. The van der Waals surface area contributed by atoms with Crippen LogP contribution in [0.1, 0.15) is 42.5 Å². The minimum absolute atomic E-state index is 0.0139. The predicted octanol–water partition coefficient (Wildman–Crippen LogP) is 4.60. The van der Waals surface area contributed by atoms with Gasteiger partial charge in [-0.2, -0.15) is 0 Å². The summed E-state index contributed by atoms with van der Waals surface area (Å²) < 4.78 is 0. The predicted molar refractivity (Wildman–Crippen MR) is 91.0 cm³/mol. The van der Waals surface area contributed by atoms with Gasteiger partial charge in [0.25, 0.3) is 0 Å². The molecule has 3 rings (SSSR count). The molecule has 0 radical (unpaired) electrons. The Bertz CT molecular complexity index is 578. The number of halogens is 1. The highest BCUT2D eigenvalue weighted by atomic mass is 35.5. The molecular formula is C19H22ClNO. The average Bonchev–Trinajstić information content (AvgIpc) is 2.58. The second-order valence-corrected chi connectivity index (χ2v) is 6.38. The minimum Gasteiger partial charge on any atom is -0.386 e. The van der Waals surface area contributed by atoms with Crippen LogP contribution in [0.5, 0.6) is 0 Å². The molecule has 1 N–H and O–H groups in total. The number of hydrogen-bond acceptors (Lipinski definition) is 2. The maximum atomic E-state index is 11.0. The van der Waals surface area contributed by atoms with E-state index in [4.69, 9.17) is 11.6 Å². The summed E-state index contributed by atoms with van der Waals surface area (Å²) in [4.78, 5) is 2.41. The zero-order valence-electron chi connectivity index (χ0n) is 12.7. The standard InChI is InChI=1S/C19H22ClNO/c20-17-11-9-15(10-12-17)18(21-13-5-2-6-14-21)19(22)16-7-3-1-4-8-16/h1,3-4,7-12,18-19,22H,2,5-6,13-14H2/t18-,19+/m1/s1. The SMILES string of the molecule is O[C@@H](c1ccccc1)[C@@H](c1ccc(Cl)cc1)N1CCCCC1. The Balaban J connectivity index is 1.93. The van der Waals surface area contributed by atoms with Crippen molar-refractivity contribution in [2.24, 2.45) is 0 Å². The summed E-state index contributed by atoms with van der Waals surface area (Å²) in [5.74, 6) is 0. The maximum absolute atomic E-state index is 11.0. The molecule has 0 aliphatic carbocycles. The Morgan fingerprint density at radius 3 is 2.09 bits per heavy atom. The third-order valence-corrected chi connectivity index (χ3v) is 4.69. The molecule has 1 heterocycles. The van der Waals surface area contributed by atoms with Gasteiger partial charge in [0.2, 0.25) is 0 Å². The van der Waals surface area contributed by atoms with Gasteiger partial charge >= 0.3 is 0 Å². The lowest BCUT2D eigenvalue weighted by Crippen LogP contribution is -2.37. The molecule has 1 aliphatic heterocycles. The van der Waals surface area contributed by atoms with Crippen LogP contribution in [0.25, 0.3) is 0 Å². The molecule has 0 spiro atoms. The lowest BCUT2D eigenvalue weighted by molar-refractivity contribution is 0.0362. The second-order valence-electron chi connectivity index (χ2n) is 5.95. The van der Waals surface area contributed by atoms with Crippen molar-refractivity contribution in [3.63, 3.8) is 0 Å². The van der Waals surface area contributed by atoms with Crippen LogP contribution in [0.4, 0.5) is 0 Å². The van der Waals surface area contributed by atoms with Crippen LogP contribution in [0.3, 0.4) is 0 Å². The third-order valence-electron chi connectivity index (χ3n) is 4.44. The van der Waals surface area contributed by atoms with Crippen LogP contribution in [-0.2, 0) is 0 Å². The van der Waals surface area contributed by atoms with Gasteiger partial charge in [0, 0.05) is 5.02 Å². The Hall–Kier alpha value is -1.35. The fraction of sp³-hybridized carbons (Fsp3) is 0.368. The summed E-state index contributed by atoms with van der Waals surface area (Å²) >= 11 is 6.02. The van der Waals surface area contributed by atoms with Gasteiger partial charge in [-0.15, -0.1) is 0 Å². The van der Waals surface area contributed by atoms with Crippen LogP contribution in [0.15, 0.2) is 54.6 Å². The molecule has 2 aromatic carbocycles. The molecule has 2 atom stereocenters. The molecule has 1 fully saturated rings. The fourth-order valence-corrected chi connectivity index (χ4v) is 3.41. The minimum atomic E-state index is -0.527. The van der Waals surface area contributed by atoms with Crippen molar-refractivity contribution < 1.29 is 5.11 Å². The van der Waals surface area contributed by atoms with Crippen LogP contribution in [0, 0.1) is 0 Å². The zero-order chi connectivity index (χ0) is 15.4. The van der Waals surface area contributed by atoms with Crippen molar-refractivity contribution in [1.82, 2.24) is 4.90 Å². The number of likely N-dealkylation sites (tertiary alicyclic amines) is 1. The van der Waals surface area contributed by atoms with E-state index in [0.717, 1.165) is 29.2 Å². The van der Waals surface area contributed by atoms with Crippen molar-refractivity contribution in [2.75, 3.05) is 13.1 Å². The monoisotopic (exact) mass is 315 g/mol. The first-order chi connectivity index (χ1) is 10.8. The molecule has 0 saturated carbocycles. The number of hydrogen-bond donors (Lipinski definition) is 1. The van der Waals surface area contributed by atoms with Gasteiger partial charge in [0.1, 0.15) is 0 Å². The number of benzene rings is 2. The van der Waals surface area contributed by atoms with Crippen LogP contribution < -0.4 is 0 Å². The molecule has 1 saturated heterocycles. The van der Waals surface area contributed by atoms with E-state index in [-0.39, 0.29) is 6.04 Å². The van der Waals surface area contributed by atoms with E-state index in [9.17, 15) is 5.11 Å². The van der Waals surface area contributed by atoms with E-state index in [1.165, 1.54) is 19.3 Å². The molecule has 1 aliphatic rings. The molecule has 0 aromatic heterocycles. The fourth-order valence-electron chi connectivity index (χ4n) is 3.28. The van der Waals surface area contributed by atoms with E-state index in [1.807, 2.05) is 54.6 Å². The number of aliphatic hydroxyl groups excluding tert-OH is 1. The van der Waals surface area contributed by atoms with Crippen LogP contribution in [-0.4, -0.2) is 23.1 Å². The number of aliphatic hydroxyl groups is 1. The first-order valence-electron chi connectivity index (χ1n) is 7.98. The Morgan fingerprint density at radius 1 is 0.818 bits per heavy atom. The molecule has 22 heavy (non-hydrogen) atoms. The second kappa shape index (κ2) is 7.28. The van der Waals surface area contributed by atoms with Crippen LogP contribution >= 0.6 is 11.6 Å². The van der Waals surface area contributed by atoms with Gasteiger partial charge < -0.3 is 5.11 Å². The third kappa shape index (κ3) is 3.52. The Kier molecular flexibility index (Phi) is 5.14. The number of rotatable bonds is 4. The largest absolute Gasteiger partial charge is 0.386 e. The summed E-state index contributed by atoms with van der Waals surface area (Å²) in [6.07, 6.45) is 3.16. The van der Waals surface area contributed by atoms with Crippen molar-refractivity contribution in [1.29, 1.82) is 0 Å². The van der Waals surface area contributed by atoms with E-state index < -0.39 is 6.10 Å². The summed E-state index contributed by atoms with van der Waals surface area (Å²) in [5, 5.41) is 11.7. The summed E-state index contributed by atoms with van der Waals surface area (Å²) in [6, 6.07) is 17.8. The van der Waals surface area contributed by atoms with Crippen molar-refractivity contribution in [3.05, 3.63) is 70.7 Å². The van der Waals surface area contributed by atoms with Crippen molar-refractivity contribution in [3.8, 4) is 0 Å². The van der Waals surface area contributed by atoms with Crippen LogP contribution in [0.2, 0.25) is 5.02 Å². The molecule has 0 bridgehead atoms.